The molecule has 6 nitrogen and oxygen atoms in total. The molecule has 0 saturated heterocycles. The third-order valence-corrected chi connectivity index (χ3v) is 7.05. The summed E-state index contributed by atoms with van der Waals surface area (Å²) in [4.78, 5) is 45.6. The number of hydrogen-bond donors (Lipinski definition) is 0. The van der Waals surface area contributed by atoms with Crippen LogP contribution in [0.1, 0.15) is 62.5 Å². The number of thiazole rings is 1. The van der Waals surface area contributed by atoms with Crippen LogP contribution in [0, 0.1) is 6.92 Å². The molecule has 1 amide bonds. The van der Waals surface area contributed by atoms with Gasteiger partial charge in [0, 0.05) is 6.92 Å². The molecule has 1 atom stereocenters. The van der Waals surface area contributed by atoms with E-state index < -0.39 is 11.9 Å². The standard InChI is InChI=1S/C25H20N2O4S/c1-4-15-9-11-16(12-10-15)20-19-21(29)17-7-5-6-8-18(17)31-22(19)24(30)27(20)25-26-13(2)23(32-25)14(3)28/h5-12,20H,4H2,1-3H3. The fraction of sp³-hybridized carbons (Fsp3) is 0.200. The zero-order valence-corrected chi connectivity index (χ0v) is 18.7. The van der Waals surface area contributed by atoms with Gasteiger partial charge in [0.15, 0.2) is 16.3 Å². The maximum atomic E-state index is 13.6. The number of aryl methyl sites for hydroxylation is 2. The minimum Gasteiger partial charge on any atom is -0.450 e. The molecule has 32 heavy (non-hydrogen) atoms. The number of anilines is 1. The Labute approximate surface area is 188 Å². The van der Waals surface area contributed by atoms with Crippen LogP contribution >= 0.6 is 11.3 Å². The number of nitrogens with zero attached hydrogens (tertiary/aromatic N) is 2. The van der Waals surface area contributed by atoms with Crippen LogP contribution in [-0.4, -0.2) is 16.7 Å². The van der Waals surface area contributed by atoms with E-state index in [1.54, 1.807) is 31.2 Å². The lowest BCUT2D eigenvalue weighted by molar-refractivity contribution is 0.0969. The molecule has 5 rings (SSSR count). The minimum atomic E-state index is -0.686. The number of rotatable bonds is 4. The second kappa shape index (κ2) is 7.53. The number of fused-ring (bicyclic) bond motifs is 2. The van der Waals surface area contributed by atoms with Gasteiger partial charge in [-0.15, -0.1) is 0 Å². The Morgan fingerprint density at radius 3 is 2.50 bits per heavy atom. The van der Waals surface area contributed by atoms with Gasteiger partial charge in [0.2, 0.25) is 5.76 Å². The van der Waals surface area contributed by atoms with E-state index in [1.165, 1.54) is 11.8 Å². The highest BCUT2D eigenvalue weighted by molar-refractivity contribution is 7.17. The number of carbonyl (C=O) groups excluding carboxylic acids is 2. The number of para-hydroxylation sites is 1. The Morgan fingerprint density at radius 1 is 1.12 bits per heavy atom. The molecule has 1 aliphatic heterocycles. The second-order valence-electron chi connectivity index (χ2n) is 7.81. The first-order chi connectivity index (χ1) is 15.4. The molecule has 0 radical (unpaired) electrons. The van der Waals surface area contributed by atoms with E-state index in [0.717, 1.165) is 28.9 Å². The largest absolute Gasteiger partial charge is 0.450 e. The monoisotopic (exact) mass is 444 g/mol. The summed E-state index contributed by atoms with van der Waals surface area (Å²) >= 11 is 1.16. The van der Waals surface area contributed by atoms with Crippen LogP contribution in [0.5, 0.6) is 0 Å². The van der Waals surface area contributed by atoms with Crippen molar-refractivity contribution in [1.82, 2.24) is 4.98 Å². The van der Waals surface area contributed by atoms with Gasteiger partial charge < -0.3 is 4.42 Å². The lowest BCUT2D eigenvalue weighted by Gasteiger charge is -2.22. The second-order valence-corrected chi connectivity index (χ2v) is 8.79. The first kappa shape index (κ1) is 20.3. The van der Waals surface area contributed by atoms with Crippen LogP contribution in [0.2, 0.25) is 0 Å². The molecule has 2 aromatic carbocycles. The molecule has 7 heteroatoms. The van der Waals surface area contributed by atoms with Crippen molar-refractivity contribution in [2.24, 2.45) is 0 Å². The summed E-state index contributed by atoms with van der Waals surface area (Å²) in [6, 6.07) is 14.1. The van der Waals surface area contributed by atoms with Crippen molar-refractivity contribution in [3.05, 3.63) is 91.8 Å². The van der Waals surface area contributed by atoms with Gasteiger partial charge in [-0.3, -0.25) is 19.3 Å². The highest BCUT2D eigenvalue weighted by Gasteiger charge is 2.45. The first-order valence-electron chi connectivity index (χ1n) is 10.4. The molecule has 0 spiro atoms. The number of carbonyl (C=O) groups is 2. The van der Waals surface area contributed by atoms with E-state index in [9.17, 15) is 14.4 Å². The Bertz CT molecular complexity index is 1450. The number of Topliss-reactive ketones (excluding diaryl/α,β-unsaturated/α-hetero) is 1. The highest BCUT2D eigenvalue weighted by Crippen LogP contribution is 2.43. The van der Waals surface area contributed by atoms with E-state index in [1.807, 2.05) is 24.3 Å². The molecule has 0 aliphatic carbocycles. The number of benzene rings is 2. The quantitative estimate of drug-likeness (QED) is 0.411. The van der Waals surface area contributed by atoms with Gasteiger partial charge in [0.05, 0.1) is 27.6 Å². The maximum absolute atomic E-state index is 13.6. The topological polar surface area (TPSA) is 80.5 Å². The molecule has 1 unspecified atom stereocenters. The Kier molecular flexibility index (Phi) is 4.78. The number of hydrogen-bond acceptors (Lipinski definition) is 6. The average molecular weight is 445 g/mol. The third kappa shape index (κ3) is 3.00. The summed E-state index contributed by atoms with van der Waals surface area (Å²) in [6.45, 7) is 5.29. The van der Waals surface area contributed by atoms with Crippen LogP contribution < -0.4 is 10.3 Å². The van der Waals surface area contributed by atoms with Crippen molar-refractivity contribution in [3.8, 4) is 0 Å². The summed E-state index contributed by atoms with van der Waals surface area (Å²) in [7, 11) is 0. The molecular weight excluding hydrogens is 424 g/mol. The predicted molar refractivity (Wildman–Crippen MR) is 124 cm³/mol. The number of ketones is 1. The van der Waals surface area contributed by atoms with Crippen LogP contribution in [-0.2, 0) is 6.42 Å². The Morgan fingerprint density at radius 2 is 1.84 bits per heavy atom. The van der Waals surface area contributed by atoms with E-state index >= 15 is 0 Å². The van der Waals surface area contributed by atoms with Gasteiger partial charge in [0.1, 0.15) is 5.58 Å². The average Bonchev–Trinajstić information content (AvgIpc) is 3.32. The molecule has 3 heterocycles. The van der Waals surface area contributed by atoms with Crippen LogP contribution in [0.3, 0.4) is 0 Å². The zero-order chi connectivity index (χ0) is 22.6. The smallest absolute Gasteiger partial charge is 0.297 e. The zero-order valence-electron chi connectivity index (χ0n) is 17.8. The van der Waals surface area contributed by atoms with E-state index in [-0.39, 0.29) is 17.0 Å². The lowest BCUT2D eigenvalue weighted by Crippen LogP contribution is -2.29. The molecule has 0 bridgehead atoms. The Hall–Kier alpha value is -3.58. The van der Waals surface area contributed by atoms with Gasteiger partial charge in [-0.05, 0) is 36.6 Å². The summed E-state index contributed by atoms with van der Waals surface area (Å²) in [5.41, 5.74) is 2.93. The SMILES string of the molecule is CCc1ccc(C2c3c(oc4ccccc4c3=O)C(=O)N2c2nc(C)c(C(C)=O)s2)cc1. The molecule has 2 aromatic heterocycles. The fourth-order valence-electron chi connectivity index (χ4n) is 4.18. The third-order valence-electron chi connectivity index (χ3n) is 5.79. The van der Waals surface area contributed by atoms with Crippen LogP contribution in [0.15, 0.2) is 57.7 Å². The van der Waals surface area contributed by atoms with Crippen molar-refractivity contribution in [2.45, 2.75) is 33.2 Å². The lowest BCUT2D eigenvalue weighted by atomic mass is 9.97. The summed E-state index contributed by atoms with van der Waals surface area (Å²) in [5, 5.41) is 0.799. The van der Waals surface area contributed by atoms with Crippen molar-refractivity contribution in [2.75, 3.05) is 4.90 Å². The van der Waals surface area contributed by atoms with E-state index in [0.29, 0.717) is 32.2 Å². The van der Waals surface area contributed by atoms with Gasteiger partial charge in [-0.2, -0.15) is 0 Å². The van der Waals surface area contributed by atoms with E-state index in [2.05, 4.69) is 11.9 Å². The van der Waals surface area contributed by atoms with Crippen molar-refractivity contribution < 1.29 is 14.0 Å². The van der Waals surface area contributed by atoms with Crippen molar-refractivity contribution in [1.29, 1.82) is 0 Å². The molecule has 0 fully saturated rings. The molecule has 1 aliphatic rings. The number of amides is 1. The molecular formula is C25H20N2O4S. The summed E-state index contributed by atoms with van der Waals surface area (Å²) in [6.07, 6.45) is 0.880. The fourth-order valence-corrected chi connectivity index (χ4v) is 5.17. The summed E-state index contributed by atoms with van der Waals surface area (Å²) < 4.78 is 5.95. The highest BCUT2D eigenvalue weighted by atomic mass is 32.1. The molecule has 0 saturated carbocycles. The van der Waals surface area contributed by atoms with Gasteiger partial charge in [-0.25, -0.2) is 4.98 Å². The van der Waals surface area contributed by atoms with E-state index in [4.69, 9.17) is 4.42 Å². The molecule has 4 aromatic rings. The van der Waals surface area contributed by atoms with Crippen molar-refractivity contribution in [3.63, 3.8) is 0 Å². The van der Waals surface area contributed by atoms with Gasteiger partial charge in [0.25, 0.3) is 5.91 Å². The van der Waals surface area contributed by atoms with Gasteiger partial charge >= 0.3 is 0 Å². The minimum absolute atomic E-state index is 0.0236. The van der Waals surface area contributed by atoms with Crippen molar-refractivity contribution >= 4 is 39.1 Å². The van der Waals surface area contributed by atoms with Crippen LogP contribution in [0.25, 0.3) is 11.0 Å². The molecule has 0 N–H and O–H groups in total. The first-order valence-corrected chi connectivity index (χ1v) is 11.2. The Balaban J connectivity index is 1.78. The number of aromatic nitrogens is 1. The molecule has 160 valence electrons. The summed E-state index contributed by atoms with van der Waals surface area (Å²) in [5.74, 6) is -0.522. The normalized spacial score (nSPS) is 15.4. The maximum Gasteiger partial charge on any atom is 0.297 e. The van der Waals surface area contributed by atoms with Crippen LogP contribution in [0.4, 0.5) is 5.13 Å². The van der Waals surface area contributed by atoms with Gasteiger partial charge in [-0.1, -0.05) is 54.7 Å². The predicted octanol–water partition coefficient (Wildman–Crippen LogP) is 5.07.